The van der Waals surface area contributed by atoms with Crippen molar-refractivity contribution < 1.29 is 16.8 Å². The summed E-state index contributed by atoms with van der Waals surface area (Å²) in [4.78, 5) is 0.334. The van der Waals surface area contributed by atoms with Crippen LogP contribution in [0.2, 0.25) is 0 Å². The molecule has 2 N–H and O–H groups in total. The van der Waals surface area contributed by atoms with E-state index in [1.54, 1.807) is 43.3 Å². The Kier molecular flexibility index (Phi) is 8.51. The summed E-state index contributed by atoms with van der Waals surface area (Å²) in [7, 11) is -6.71. The van der Waals surface area contributed by atoms with Crippen molar-refractivity contribution in [2.24, 2.45) is 0 Å². The van der Waals surface area contributed by atoms with Gasteiger partial charge in [0.2, 0.25) is 20.0 Å². The van der Waals surface area contributed by atoms with E-state index in [0.717, 1.165) is 44.2 Å². The maximum absolute atomic E-state index is 12.8. The van der Waals surface area contributed by atoms with E-state index in [4.69, 9.17) is 0 Å². The van der Waals surface area contributed by atoms with E-state index in [9.17, 15) is 16.8 Å². The van der Waals surface area contributed by atoms with E-state index in [1.807, 2.05) is 6.07 Å². The number of anilines is 1. The van der Waals surface area contributed by atoms with Crippen LogP contribution in [0, 0.1) is 0 Å². The molecule has 1 saturated heterocycles. The molecule has 1 aliphatic rings. The lowest BCUT2D eigenvalue weighted by atomic mass is 10.2. The van der Waals surface area contributed by atoms with Crippen LogP contribution in [0.3, 0.4) is 0 Å². The quantitative estimate of drug-likeness (QED) is 0.539. The molecule has 1 aromatic rings. The Balaban J connectivity index is 1.76. The molecule has 0 unspecified atom stereocenters. The lowest BCUT2D eigenvalue weighted by Gasteiger charge is -2.26. The highest BCUT2D eigenvalue weighted by molar-refractivity contribution is 7.90. The van der Waals surface area contributed by atoms with E-state index in [1.165, 1.54) is 0 Å². The van der Waals surface area contributed by atoms with Gasteiger partial charge in [-0.2, -0.15) is 4.31 Å². The maximum Gasteiger partial charge on any atom is 0.243 e. The van der Waals surface area contributed by atoms with E-state index in [2.05, 4.69) is 10.0 Å². The molecule has 0 saturated carbocycles. The first-order chi connectivity index (χ1) is 13.5. The van der Waals surface area contributed by atoms with Crippen LogP contribution in [0.1, 0.15) is 59.3 Å². The van der Waals surface area contributed by atoms with Crippen molar-refractivity contribution in [3.8, 4) is 0 Å². The minimum absolute atomic E-state index is 0.334. The van der Waals surface area contributed by atoms with Crippen molar-refractivity contribution in [1.29, 1.82) is 0 Å². The van der Waals surface area contributed by atoms with E-state index < -0.39 is 24.8 Å². The standard InChI is InChI=1S/C20H35N3O4S2/c1-20(2,3)29(26,27)22-14-7-4-6-13-21-18-11-10-12-19(17-18)28(24,25)23-15-8-5-9-16-23/h10-12,17,21-22H,4-9,13-16H2,1-3H3. The Bertz CT molecular complexity index is 856. The molecule has 0 bridgehead atoms. The largest absolute Gasteiger partial charge is 0.385 e. The molecule has 1 heterocycles. The third-order valence-electron chi connectivity index (χ3n) is 5.07. The van der Waals surface area contributed by atoms with Gasteiger partial charge < -0.3 is 5.32 Å². The summed E-state index contributed by atoms with van der Waals surface area (Å²) >= 11 is 0. The Morgan fingerprint density at radius 3 is 2.24 bits per heavy atom. The molecule has 0 atom stereocenters. The zero-order valence-electron chi connectivity index (χ0n) is 17.8. The molecule has 2 rings (SSSR count). The molecule has 1 aromatic carbocycles. The van der Waals surface area contributed by atoms with Crippen LogP contribution in [0.4, 0.5) is 5.69 Å². The number of hydrogen-bond donors (Lipinski definition) is 2. The number of unbranched alkanes of at least 4 members (excludes halogenated alkanes) is 2. The fourth-order valence-electron chi connectivity index (χ4n) is 3.10. The number of rotatable bonds is 10. The third kappa shape index (κ3) is 6.94. The van der Waals surface area contributed by atoms with Crippen molar-refractivity contribution in [1.82, 2.24) is 9.03 Å². The minimum atomic E-state index is -3.43. The molecule has 1 aliphatic heterocycles. The molecule has 7 nitrogen and oxygen atoms in total. The van der Waals surface area contributed by atoms with Gasteiger partial charge >= 0.3 is 0 Å². The second-order valence-electron chi connectivity index (χ2n) is 8.49. The zero-order valence-corrected chi connectivity index (χ0v) is 19.4. The SMILES string of the molecule is CC(C)(C)S(=O)(=O)NCCCCCNc1cccc(S(=O)(=O)N2CCCCC2)c1. The van der Waals surface area contributed by atoms with Gasteiger partial charge in [-0.1, -0.05) is 18.9 Å². The number of benzene rings is 1. The Morgan fingerprint density at radius 2 is 1.59 bits per heavy atom. The summed E-state index contributed by atoms with van der Waals surface area (Å²) in [5.41, 5.74) is 0.788. The van der Waals surface area contributed by atoms with Gasteiger partial charge in [0, 0.05) is 31.9 Å². The number of hydrogen-bond acceptors (Lipinski definition) is 5. The molecular formula is C20H35N3O4S2. The normalized spacial score (nSPS) is 16.7. The monoisotopic (exact) mass is 445 g/mol. The summed E-state index contributed by atoms with van der Waals surface area (Å²) in [5, 5.41) is 3.27. The van der Waals surface area contributed by atoms with Crippen LogP contribution in [0.25, 0.3) is 0 Å². The number of sulfonamides is 2. The Labute approximate surface area is 176 Å². The average Bonchev–Trinajstić information content (AvgIpc) is 2.67. The van der Waals surface area contributed by atoms with Gasteiger partial charge in [-0.3, -0.25) is 0 Å². The predicted molar refractivity (Wildman–Crippen MR) is 118 cm³/mol. The van der Waals surface area contributed by atoms with Crippen LogP contribution in [0.15, 0.2) is 29.2 Å². The molecule has 0 aliphatic carbocycles. The second-order valence-corrected chi connectivity index (χ2v) is 12.9. The summed E-state index contributed by atoms with van der Waals surface area (Å²) in [6.45, 7) is 7.37. The van der Waals surface area contributed by atoms with Gasteiger partial charge in [-0.05, 0) is 64.7 Å². The van der Waals surface area contributed by atoms with Crippen LogP contribution in [0.5, 0.6) is 0 Å². The first kappa shape index (κ1) is 24.1. The molecular weight excluding hydrogens is 410 g/mol. The predicted octanol–water partition coefficient (Wildman–Crippen LogP) is 3.16. The van der Waals surface area contributed by atoms with Crippen LogP contribution >= 0.6 is 0 Å². The van der Waals surface area contributed by atoms with Gasteiger partial charge in [-0.15, -0.1) is 0 Å². The van der Waals surface area contributed by atoms with Crippen LogP contribution in [-0.4, -0.2) is 52.1 Å². The molecule has 1 fully saturated rings. The zero-order chi connectivity index (χ0) is 21.5. The summed E-state index contributed by atoms with van der Waals surface area (Å²) < 4.78 is 52.9. The lowest BCUT2D eigenvalue weighted by molar-refractivity contribution is 0.346. The molecule has 0 amide bonds. The first-order valence-corrected chi connectivity index (χ1v) is 13.3. The van der Waals surface area contributed by atoms with Gasteiger partial charge in [0.15, 0.2) is 0 Å². The topological polar surface area (TPSA) is 95.6 Å². The van der Waals surface area contributed by atoms with E-state index in [-0.39, 0.29) is 0 Å². The molecule has 29 heavy (non-hydrogen) atoms. The fourth-order valence-corrected chi connectivity index (χ4v) is 5.51. The molecule has 166 valence electrons. The first-order valence-electron chi connectivity index (χ1n) is 10.4. The molecule has 0 spiro atoms. The third-order valence-corrected chi connectivity index (χ3v) is 9.16. The number of nitrogens with zero attached hydrogens (tertiary/aromatic N) is 1. The lowest BCUT2D eigenvalue weighted by Crippen LogP contribution is -2.39. The van der Waals surface area contributed by atoms with Crippen molar-refractivity contribution in [2.75, 3.05) is 31.5 Å². The van der Waals surface area contributed by atoms with Crippen LogP contribution < -0.4 is 10.0 Å². The second kappa shape index (κ2) is 10.2. The number of nitrogens with one attached hydrogen (secondary N) is 2. The highest BCUT2D eigenvalue weighted by Crippen LogP contribution is 2.23. The van der Waals surface area contributed by atoms with E-state index in [0.29, 0.717) is 31.1 Å². The minimum Gasteiger partial charge on any atom is -0.385 e. The summed E-state index contributed by atoms with van der Waals surface area (Å²) in [6.07, 6.45) is 5.45. The summed E-state index contributed by atoms with van der Waals surface area (Å²) in [6, 6.07) is 6.98. The van der Waals surface area contributed by atoms with Crippen LogP contribution in [-0.2, 0) is 20.0 Å². The highest BCUT2D eigenvalue weighted by Gasteiger charge is 2.28. The fraction of sp³-hybridized carbons (Fsp3) is 0.700. The molecule has 0 radical (unpaired) electrons. The Hall–Kier alpha value is -1.16. The molecule has 0 aromatic heterocycles. The summed E-state index contributed by atoms with van der Waals surface area (Å²) in [5.74, 6) is 0. The van der Waals surface area contributed by atoms with E-state index >= 15 is 0 Å². The van der Waals surface area contributed by atoms with Gasteiger partial charge in [0.25, 0.3) is 0 Å². The van der Waals surface area contributed by atoms with Crippen molar-refractivity contribution in [3.05, 3.63) is 24.3 Å². The highest BCUT2D eigenvalue weighted by atomic mass is 32.2. The van der Waals surface area contributed by atoms with Crippen molar-refractivity contribution in [2.45, 2.75) is 68.9 Å². The molecule has 9 heteroatoms. The van der Waals surface area contributed by atoms with Gasteiger partial charge in [0.1, 0.15) is 0 Å². The van der Waals surface area contributed by atoms with Crippen molar-refractivity contribution >= 4 is 25.7 Å². The average molecular weight is 446 g/mol. The smallest absolute Gasteiger partial charge is 0.243 e. The maximum atomic E-state index is 12.8. The van der Waals surface area contributed by atoms with Gasteiger partial charge in [0.05, 0.1) is 9.64 Å². The van der Waals surface area contributed by atoms with Gasteiger partial charge in [-0.25, -0.2) is 21.6 Å². The van der Waals surface area contributed by atoms with Crippen molar-refractivity contribution in [3.63, 3.8) is 0 Å². The number of piperidine rings is 1. The Morgan fingerprint density at radius 1 is 0.931 bits per heavy atom.